The molecule has 1 N–H and O–H groups in total. The highest BCUT2D eigenvalue weighted by Crippen LogP contribution is 2.19. The van der Waals surface area contributed by atoms with E-state index < -0.39 is 6.10 Å². The SMILES string of the molecule is O[C@@H](COC[C@H]1CCCO1)CN1CCN(c2nccs2)CC1. The summed E-state index contributed by atoms with van der Waals surface area (Å²) >= 11 is 1.68. The maximum Gasteiger partial charge on any atom is 0.185 e. The zero-order valence-electron chi connectivity index (χ0n) is 12.9. The van der Waals surface area contributed by atoms with Crippen LogP contribution in [0.2, 0.25) is 0 Å². The third kappa shape index (κ3) is 4.63. The molecule has 6 nitrogen and oxygen atoms in total. The Labute approximate surface area is 135 Å². The molecule has 0 bridgehead atoms. The molecule has 124 valence electrons. The molecule has 1 aromatic heterocycles. The first-order valence-electron chi connectivity index (χ1n) is 8.05. The Morgan fingerprint density at radius 3 is 2.95 bits per heavy atom. The number of aliphatic hydroxyl groups excluding tert-OH is 1. The first-order valence-corrected chi connectivity index (χ1v) is 8.93. The minimum Gasteiger partial charge on any atom is -0.389 e. The zero-order valence-corrected chi connectivity index (χ0v) is 13.7. The van der Waals surface area contributed by atoms with Gasteiger partial charge in [-0.1, -0.05) is 0 Å². The van der Waals surface area contributed by atoms with Crippen LogP contribution in [0.3, 0.4) is 0 Å². The molecule has 3 rings (SSSR count). The lowest BCUT2D eigenvalue weighted by Crippen LogP contribution is -2.49. The van der Waals surface area contributed by atoms with E-state index in [1.807, 2.05) is 11.6 Å². The maximum absolute atomic E-state index is 10.1. The Morgan fingerprint density at radius 1 is 1.41 bits per heavy atom. The Bertz CT molecular complexity index is 418. The average molecular weight is 327 g/mol. The van der Waals surface area contributed by atoms with Crippen molar-refractivity contribution in [2.45, 2.75) is 25.0 Å². The van der Waals surface area contributed by atoms with Crippen molar-refractivity contribution in [2.24, 2.45) is 0 Å². The summed E-state index contributed by atoms with van der Waals surface area (Å²) in [5.41, 5.74) is 0. The van der Waals surface area contributed by atoms with Gasteiger partial charge in [0.1, 0.15) is 0 Å². The third-order valence-corrected chi connectivity index (χ3v) is 5.00. The van der Waals surface area contributed by atoms with Gasteiger partial charge in [-0.15, -0.1) is 11.3 Å². The summed E-state index contributed by atoms with van der Waals surface area (Å²) < 4.78 is 11.1. The smallest absolute Gasteiger partial charge is 0.185 e. The molecule has 0 unspecified atom stereocenters. The highest BCUT2D eigenvalue weighted by molar-refractivity contribution is 7.13. The lowest BCUT2D eigenvalue weighted by molar-refractivity contribution is -0.0254. The number of nitrogens with zero attached hydrogens (tertiary/aromatic N) is 3. The molecule has 2 aliphatic heterocycles. The Kier molecular flexibility index (Phi) is 6.03. The van der Waals surface area contributed by atoms with Crippen LogP contribution in [0.25, 0.3) is 0 Å². The molecule has 2 saturated heterocycles. The largest absolute Gasteiger partial charge is 0.389 e. The molecule has 0 saturated carbocycles. The molecule has 2 fully saturated rings. The first kappa shape index (κ1) is 16.1. The van der Waals surface area contributed by atoms with Crippen LogP contribution >= 0.6 is 11.3 Å². The van der Waals surface area contributed by atoms with Gasteiger partial charge in [0.25, 0.3) is 0 Å². The predicted octanol–water partition coefficient (Wildman–Crippen LogP) is 0.822. The second-order valence-electron chi connectivity index (χ2n) is 5.93. The van der Waals surface area contributed by atoms with E-state index >= 15 is 0 Å². The van der Waals surface area contributed by atoms with Gasteiger partial charge in [-0.25, -0.2) is 4.98 Å². The normalized spacial score (nSPS) is 24.8. The highest BCUT2D eigenvalue weighted by atomic mass is 32.1. The molecule has 7 heteroatoms. The van der Waals surface area contributed by atoms with Crippen LogP contribution in [-0.2, 0) is 9.47 Å². The van der Waals surface area contributed by atoms with Crippen LogP contribution in [0.15, 0.2) is 11.6 Å². The van der Waals surface area contributed by atoms with Gasteiger partial charge in [0.15, 0.2) is 5.13 Å². The van der Waals surface area contributed by atoms with Crippen LogP contribution in [0.4, 0.5) is 5.13 Å². The summed E-state index contributed by atoms with van der Waals surface area (Å²) in [6.45, 7) is 6.39. The van der Waals surface area contributed by atoms with Gasteiger partial charge >= 0.3 is 0 Å². The molecule has 22 heavy (non-hydrogen) atoms. The number of β-amino-alcohol motifs (C(OH)–C–C–N with tert-alkyl or cyclic N) is 1. The lowest BCUT2D eigenvalue weighted by Gasteiger charge is -2.35. The monoisotopic (exact) mass is 327 g/mol. The topological polar surface area (TPSA) is 58.1 Å². The molecular formula is C15H25N3O3S. The van der Waals surface area contributed by atoms with E-state index in [1.54, 1.807) is 11.3 Å². The fraction of sp³-hybridized carbons (Fsp3) is 0.800. The molecule has 0 spiro atoms. The number of aromatic nitrogens is 1. The van der Waals surface area contributed by atoms with Crippen LogP contribution in [0.5, 0.6) is 0 Å². The summed E-state index contributed by atoms with van der Waals surface area (Å²) in [5.74, 6) is 0. The summed E-state index contributed by atoms with van der Waals surface area (Å²) in [6, 6.07) is 0. The number of rotatable bonds is 7. The van der Waals surface area contributed by atoms with Crippen LogP contribution in [0, 0.1) is 0 Å². The van der Waals surface area contributed by atoms with E-state index in [4.69, 9.17) is 9.47 Å². The quantitative estimate of drug-likeness (QED) is 0.800. The average Bonchev–Trinajstić information content (AvgIpc) is 3.21. The standard InChI is InChI=1S/C15H25N3O3S/c19-13(11-20-12-14-2-1-8-21-14)10-17-4-6-18(7-5-17)15-16-3-9-22-15/h3,9,13-14,19H,1-2,4-8,10-12H2/t13-,14-/m1/s1. The van der Waals surface area contributed by atoms with E-state index in [0.717, 1.165) is 50.8 Å². The van der Waals surface area contributed by atoms with Crippen molar-refractivity contribution in [3.05, 3.63) is 11.6 Å². The van der Waals surface area contributed by atoms with Gasteiger partial charge < -0.3 is 19.5 Å². The maximum atomic E-state index is 10.1. The molecule has 3 heterocycles. The number of aliphatic hydroxyl groups is 1. The molecule has 2 atom stereocenters. The van der Waals surface area contributed by atoms with Gasteiger partial charge in [-0.2, -0.15) is 0 Å². The molecule has 0 radical (unpaired) electrons. The molecule has 0 amide bonds. The summed E-state index contributed by atoms with van der Waals surface area (Å²) in [5, 5.41) is 13.2. The fourth-order valence-electron chi connectivity index (χ4n) is 2.96. The Hall–Kier alpha value is -0.730. The second-order valence-corrected chi connectivity index (χ2v) is 6.80. The van der Waals surface area contributed by atoms with Crippen molar-refractivity contribution in [1.82, 2.24) is 9.88 Å². The van der Waals surface area contributed by atoms with Gasteiger partial charge in [-0.3, -0.25) is 4.90 Å². The minimum atomic E-state index is -0.423. The fourth-order valence-corrected chi connectivity index (χ4v) is 3.65. The van der Waals surface area contributed by atoms with Gasteiger partial charge in [-0.05, 0) is 12.8 Å². The van der Waals surface area contributed by atoms with Crippen molar-refractivity contribution in [3.63, 3.8) is 0 Å². The van der Waals surface area contributed by atoms with Crippen molar-refractivity contribution >= 4 is 16.5 Å². The van der Waals surface area contributed by atoms with Gasteiger partial charge in [0.2, 0.25) is 0 Å². The molecule has 0 aromatic carbocycles. The Balaban J connectivity index is 1.30. The third-order valence-electron chi connectivity index (χ3n) is 4.17. The number of piperazine rings is 1. The summed E-state index contributed by atoms with van der Waals surface area (Å²) in [7, 11) is 0. The lowest BCUT2D eigenvalue weighted by atomic mass is 10.2. The Morgan fingerprint density at radius 2 is 2.27 bits per heavy atom. The number of hydrogen-bond acceptors (Lipinski definition) is 7. The van der Waals surface area contributed by atoms with Crippen LogP contribution < -0.4 is 4.90 Å². The molecular weight excluding hydrogens is 302 g/mol. The minimum absolute atomic E-state index is 0.231. The first-order chi connectivity index (χ1) is 10.8. The van der Waals surface area contributed by atoms with Crippen LogP contribution in [-0.4, -0.2) is 79.7 Å². The molecule has 0 aliphatic carbocycles. The number of anilines is 1. The van der Waals surface area contributed by atoms with Crippen molar-refractivity contribution in [2.75, 3.05) is 57.4 Å². The van der Waals surface area contributed by atoms with E-state index in [0.29, 0.717) is 19.8 Å². The summed E-state index contributed by atoms with van der Waals surface area (Å²) in [6.07, 6.45) is 3.86. The second kappa shape index (κ2) is 8.21. The molecule has 2 aliphatic rings. The summed E-state index contributed by atoms with van der Waals surface area (Å²) in [4.78, 5) is 8.95. The van der Waals surface area contributed by atoms with Crippen molar-refractivity contribution < 1.29 is 14.6 Å². The van der Waals surface area contributed by atoms with Gasteiger partial charge in [0.05, 0.1) is 25.4 Å². The number of hydrogen-bond donors (Lipinski definition) is 1. The van der Waals surface area contributed by atoms with E-state index in [2.05, 4.69) is 14.8 Å². The van der Waals surface area contributed by atoms with Gasteiger partial charge in [0, 0.05) is 50.9 Å². The predicted molar refractivity (Wildman–Crippen MR) is 86.6 cm³/mol. The van der Waals surface area contributed by atoms with E-state index in [1.165, 1.54) is 0 Å². The molecule has 1 aromatic rings. The zero-order chi connectivity index (χ0) is 15.2. The van der Waals surface area contributed by atoms with Crippen molar-refractivity contribution in [3.8, 4) is 0 Å². The number of thiazole rings is 1. The highest BCUT2D eigenvalue weighted by Gasteiger charge is 2.21. The van der Waals surface area contributed by atoms with Crippen LogP contribution in [0.1, 0.15) is 12.8 Å². The van der Waals surface area contributed by atoms with E-state index in [9.17, 15) is 5.11 Å². The van der Waals surface area contributed by atoms with Crippen molar-refractivity contribution in [1.29, 1.82) is 0 Å². The van der Waals surface area contributed by atoms with E-state index in [-0.39, 0.29) is 6.10 Å². The number of ether oxygens (including phenoxy) is 2.